The molecule has 0 saturated carbocycles. The van der Waals surface area contributed by atoms with E-state index < -0.39 is 16.1 Å². The van der Waals surface area contributed by atoms with Crippen LogP contribution in [0.4, 0.5) is 5.69 Å². The molecule has 0 aromatic heterocycles. The summed E-state index contributed by atoms with van der Waals surface area (Å²) in [6.07, 6.45) is 6.38. The summed E-state index contributed by atoms with van der Waals surface area (Å²) < 4.78 is 29.9. The van der Waals surface area contributed by atoms with Crippen molar-refractivity contribution in [2.45, 2.75) is 32.3 Å². The molecule has 7 heteroatoms. The molecule has 1 N–H and O–H groups in total. The lowest BCUT2D eigenvalue weighted by Crippen LogP contribution is -2.28. The molecule has 1 aromatic carbocycles. The molecular weight excluding hydrogens is 330 g/mol. The largest absolute Gasteiger partial charge is 0.454 e. The number of ketones is 1. The van der Waals surface area contributed by atoms with Crippen LogP contribution in [0.25, 0.3) is 0 Å². The number of carbonyl (C=O) groups is 2. The fourth-order valence-corrected chi connectivity index (χ4v) is 3.05. The predicted molar refractivity (Wildman–Crippen MR) is 91.3 cm³/mol. The fraction of sp³-hybridized carbons (Fsp3) is 0.412. The first-order valence-corrected chi connectivity index (χ1v) is 9.63. The number of nitrogens with one attached hydrogen (secondary N) is 1. The zero-order valence-electron chi connectivity index (χ0n) is 13.7. The number of esters is 1. The van der Waals surface area contributed by atoms with Gasteiger partial charge >= 0.3 is 5.97 Å². The number of sulfonamides is 1. The molecule has 0 amide bonds. The van der Waals surface area contributed by atoms with Gasteiger partial charge in [-0.05, 0) is 50.5 Å². The third-order valence-corrected chi connectivity index (χ3v) is 4.34. The van der Waals surface area contributed by atoms with Crippen LogP contribution in [0, 0.1) is 5.92 Å². The maximum atomic E-state index is 12.3. The summed E-state index contributed by atoms with van der Waals surface area (Å²) in [5, 5.41) is 0. The summed E-state index contributed by atoms with van der Waals surface area (Å²) in [5.74, 6) is -0.859. The minimum Gasteiger partial charge on any atom is -0.454 e. The van der Waals surface area contributed by atoms with E-state index in [1.807, 2.05) is 12.2 Å². The monoisotopic (exact) mass is 351 g/mol. The van der Waals surface area contributed by atoms with Crippen LogP contribution in [0.1, 0.15) is 36.5 Å². The van der Waals surface area contributed by atoms with Gasteiger partial charge in [-0.3, -0.25) is 14.3 Å². The van der Waals surface area contributed by atoms with Crippen LogP contribution < -0.4 is 4.72 Å². The van der Waals surface area contributed by atoms with Crippen LogP contribution in [0.3, 0.4) is 0 Å². The average molecular weight is 351 g/mol. The van der Waals surface area contributed by atoms with Crippen molar-refractivity contribution in [2.24, 2.45) is 5.92 Å². The van der Waals surface area contributed by atoms with E-state index in [2.05, 4.69) is 4.72 Å². The molecule has 1 aliphatic carbocycles. The van der Waals surface area contributed by atoms with Crippen LogP contribution in [0.2, 0.25) is 0 Å². The Bertz CT molecular complexity index is 737. The number of hydrogen-bond acceptors (Lipinski definition) is 5. The Kier molecular flexibility index (Phi) is 5.77. The maximum absolute atomic E-state index is 12.3. The van der Waals surface area contributed by atoms with Crippen molar-refractivity contribution in [1.82, 2.24) is 0 Å². The quantitative estimate of drug-likeness (QED) is 0.483. The van der Waals surface area contributed by atoms with Gasteiger partial charge < -0.3 is 4.74 Å². The van der Waals surface area contributed by atoms with Gasteiger partial charge in [0.25, 0.3) is 0 Å². The number of benzene rings is 1. The zero-order valence-corrected chi connectivity index (χ0v) is 14.5. The molecule has 0 unspecified atom stereocenters. The highest BCUT2D eigenvalue weighted by molar-refractivity contribution is 7.92. The van der Waals surface area contributed by atoms with E-state index in [1.165, 1.54) is 24.3 Å². The molecule has 24 heavy (non-hydrogen) atoms. The Hall–Kier alpha value is -2.15. The van der Waals surface area contributed by atoms with Crippen molar-refractivity contribution >= 4 is 27.5 Å². The Morgan fingerprint density at radius 1 is 1.21 bits per heavy atom. The van der Waals surface area contributed by atoms with Gasteiger partial charge in [0.05, 0.1) is 12.2 Å². The van der Waals surface area contributed by atoms with Crippen molar-refractivity contribution in [3.05, 3.63) is 42.0 Å². The SMILES string of the molecule is C[C@H](OC(=O)[C@H]1CC=CCC1)C(=O)c1ccc(NS(C)(=O)=O)cc1. The Morgan fingerprint density at radius 2 is 1.88 bits per heavy atom. The second-order valence-electron chi connectivity index (χ2n) is 5.88. The Balaban J connectivity index is 1.97. The van der Waals surface area contributed by atoms with E-state index in [9.17, 15) is 18.0 Å². The second-order valence-corrected chi connectivity index (χ2v) is 7.62. The first-order valence-electron chi connectivity index (χ1n) is 7.74. The highest BCUT2D eigenvalue weighted by Crippen LogP contribution is 2.21. The Labute approximate surface area is 141 Å². The number of allylic oxidation sites excluding steroid dienone is 2. The summed E-state index contributed by atoms with van der Waals surface area (Å²) in [7, 11) is -3.36. The van der Waals surface area contributed by atoms with E-state index in [1.54, 1.807) is 6.92 Å². The molecule has 0 spiro atoms. The van der Waals surface area contributed by atoms with Gasteiger partial charge in [-0.1, -0.05) is 12.2 Å². The third kappa shape index (κ3) is 5.19. The van der Waals surface area contributed by atoms with Gasteiger partial charge in [-0.25, -0.2) is 8.42 Å². The van der Waals surface area contributed by atoms with Gasteiger partial charge in [0.2, 0.25) is 15.8 Å². The molecule has 130 valence electrons. The number of anilines is 1. The standard InChI is InChI=1S/C17H21NO5S/c1-12(23-17(20)14-6-4-3-5-7-14)16(19)13-8-10-15(11-9-13)18-24(2,21)22/h3-4,8-12,14,18H,5-7H2,1-2H3/t12-,14-/m0/s1. The molecule has 0 heterocycles. The first-order chi connectivity index (χ1) is 11.3. The molecule has 0 fully saturated rings. The van der Waals surface area contributed by atoms with Crippen molar-refractivity contribution in [3.8, 4) is 0 Å². The molecule has 0 bridgehead atoms. The summed E-state index contributed by atoms with van der Waals surface area (Å²) in [4.78, 5) is 24.4. The molecule has 0 aliphatic heterocycles. The number of ether oxygens (including phenoxy) is 1. The first kappa shape index (κ1) is 18.2. The van der Waals surface area contributed by atoms with Gasteiger partial charge in [-0.2, -0.15) is 0 Å². The molecule has 1 aromatic rings. The lowest BCUT2D eigenvalue weighted by Gasteiger charge is -2.19. The van der Waals surface area contributed by atoms with E-state index in [0.29, 0.717) is 17.7 Å². The highest BCUT2D eigenvalue weighted by atomic mass is 32.2. The fourth-order valence-electron chi connectivity index (χ4n) is 2.48. The van der Waals surface area contributed by atoms with Crippen molar-refractivity contribution < 1.29 is 22.7 Å². The van der Waals surface area contributed by atoms with Crippen molar-refractivity contribution in [2.75, 3.05) is 11.0 Å². The number of Topliss-reactive ketones (excluding diaryl/α,β-unsaturated/α-hetero) is 1. The molecule has 0 saturated heterocycles. The molecular formula is C17H21NO5S. The van der Waals surface area contributed by atoms with Gasteiger partial charge in [0, 0.05) is 11.3 Å². The maximum Gasteiger partial charge on any atom is 0.309 e. The van der Waals surface area contributed by atoms with Gasteiger partial charge in [0.1, 0.15) is 0 Å². The van der Waals surface area contributed by atoms with Crippen LogP contribution in [-0.4, -0.2) is 32.5 Å². The molecule has 6 nitrogen and oxygen atoms in total. The van der Waals surface area contributed by atoms with E-state index in [0.717, 1.165) is 19.1 Å². The summed E-state index contributed by atoms with van der Waals surface area (Å²) in [6, 6.07) is 6.00. The summed E-state index contributed by atoms with van der Waals surface area (Å²) in [5.41, 5.74) is 0.727. The van der Waals surface area contributed by atoms with Gasteiger partial charge in [-0.15, -0.1) is 0 Å². The normalized spacial score (nSPS) is 18.7. The van der Waals surface area contributed by atoms with E-state index in [4.69, 9.17) is 4.74 Å². The van der Waals surface area contributed by atoms with Crippen molar-refractivity contribution in [1.29, 1.82) is 0 Å². The number of hydrogen-bond donors (Lipinski definition) is 1. The lowest BCUT2D eigenvalue weighted by molar-refractivity contribution is -0.151. The van der Waals surface area contributed by atoms with Crippen LogP contribution in [0.15, 0.2) is 36.4 Å². The average Bonchev–Trinajstić information content (AvgIpc) is 2.54. The predicted octanol–water partition coefficient (Wildman–Crippen LogP) is 2.53. The van der Waals surface area contributed by atoms with Crippen molar-refractivity contribution in [3.63, 3.8) is 0 Å². The Morgan fingerprint density at radius 3 is 2.42 bits per heavy atom. The second kappa shape index (κ2) is 7.61. The molecule has 2 atom stereocenters. The smallest absolute Gasteiger partial charge is 0.309 e. The lowest BCUT2D eigenvalue weighted by atomic mass is 9.94. The minimum atomic E-state index is -3.36. The summed E-state index contributed by atoms with van der Waals surface area (Å²) >= 11 is 0. The van der Waals surface area contributed by atoms with Crippen LogP contribution in [0.5, 0.6) is 0 Å². The topological polar surface area (TPSA) is 89.5 Å². The van der Waals surface area contributed by atoms with E-state index in [-0.39, 0.29) is 17.7 Å². The minimum absolute atomic E-state index is 0.188. The van der Waals surface area contributed by atoms with Crippen LogP contribution in [-0.2, 0) is 19.6 Å². The molecule has 0 radical (unpaired) electrons. The van der Waals surface area contributed by atoms with Gasteiger partial charge in [0.15, 0.2) is 6.10 Å². The number of rotatable bonds is 6. The zero-order chi connectivity index (χ0) is 17.7. The summed E-state index contributed by atoms with van der Waals surface area (Å²) in [6.45, 7) is 1.54. The van der Waals surface area contributed by atoms with Crippen LogP contribution >= 0.6 is 0 Å². The third-order valence-electron chi connectivity index (χ3n) is 3.74. The molecule has 2 rings (SSSR count). The molecule has 1 aliphatic rings. The highest BCUT2D eigenvalue weighted by Gasteiger charge is 2.25. The van der Waals surface area contributed by atoms with E-state index >= 15 is 0 Å². The number of carbonyl (C=O) groups excluding carboxylic acids is 2.